The molecule has 5 nitrogen and oxygen atoms in total. The molecule has 2 atom stereocenters. The fourth-order valence-corrected chi connectivity index (χ4v) is 3.78. The Hall–Kier alpha value is -0.560. The van der Waals surface area contributed by atoms with Crippen LogP contribution < -0.4 is 0 Å². The van der Waals surface area contributed by atoms with Crippen LogP contribution in [-0.2, 0) is 17.7 Å². The average Bonchev–Trinajstić information content (AvgIpc) is 2.87. The monoisotopic (exact) mass is 282 g/mol. The largest absolute Gasteiger partial charge is 0.375 e. The van der Waals surface area contributed by atoms with Crippen LogP contribution in [0, 0.1) is 0 Å². The summed E-state index contributed by atoms with van der Waals surface area (Å²) >= 11 is 1.75. The first kappa shape index (κ1) is 13.4. The minimum atomic E-state index is 0.406. The maximum atomic E-state index is 5.92. The van der Waals surface area contributed by atoms with Gasteiger partial charge in [0.2, 0.25) is 0 Å². The third-order valence-corrected chi connectivity index (χ3v) is 5.10. The summed E-state index contributed by atoms with van der Waals surface area (Å²) in [6, 6.07) is 0.515. The molecule has 0 aromatic carbocycles. The number of nitrogens with zero attached hydrogens (tertiary/aromatic N) is 4. The van der Waals surface area contributed by atoms with Crippen molar-refractivity contribution in [2.24, 2.45) is 0 Å². The van der Waals surface area contributed by atoms with Gasteiger partial charge in [-0.2, -0.15) is 0 Å². The summed E-state index contributed by atoms with van der Waals surface area (Å²) in [5, 5.41) is 10.8. The van der Waals surface area contributed by atoms with Gasteiger partial charge in [0.05, 0.1) is 19.3 Å². The molecule has 0 unspecified atom stereocenters. The first-order valence-corrected chi connectivity index (χ1v) is 7.93. The molecule has 1 aromatic heterocycles. The van der Waals surface area contributed by atoms with Crippen molar-refractivity contribution in [2.75, 3.05) is 33.3 Å². The summed E-state index contributed by atoms with van der Waals surface area (Å²) in [5.41, 5.74) is 0. The molecule has 2 saturated heterocycles. The van der Waals surface area contributed by atoms with Crippen LogP contribution >= 0.6 is 11.3 Å². The number of fused-ring (bicyclic) bond motifs is 1. The van der Waals surface area contributed by atoms with Crippen LogP contribution in [0.3, 0.4) is 0 Å². The molecule has 0 aliphatic carbocycles. The Labute approximate surface area is 118 Å². The predicted molar refractivity (Wildman–Crippen MR) is 75.3 cm³/mol. The lowest BCUT2D eigenvalue weighted by atomic mass is 9.99. The zero-order valence-electron chi connectivity index (χ0n) is 11.7. The molecule has 0 saturated carbocycles. The third kappa shape index (κ3) is 2.97. The highest BCUT2D eigenvalue weighted by Gasteiger charge is 2.36. The quantitative estimate of drug-likeness (QED) is 0.827. The first-order chi connectivity index (χ1) is 9.26. The number of hydrogen-bond donors (Lipinski definition) is 0. The van der Waals surface area contributed by atoms with Gasteiger partial charge in [-0.15, -0.1) is 21.5 Å². The summed E-state index contributed by atoms with van der Waals surface area (Å²) in [7, 11) is 2.20. The molecule has 0 radical (unpaired) electrons. The van der Waals surface area contributed by atoms with Crippen LogP contribution in [0.1, 0.15) is 23.4 Å². The Balaban J connectivity index is 1.68. The van der Waals surface area contributed by atoms with Crippen LogP contribution in [0.4, 0.5) is 0 Å². The second-order valence-electron chi connectivity index (χ2n) is 5.44. The minimum Gasteiger partial charge on any atom is -0.375 e. The second-order valence-corrected chi connectivity index (χ2v) is 6.59. The maximum absolute atomic E-state index is 5.92. The Morgan fingerprint density at radius 1 is 1.32 bits per heavy atom. The van der Waals surface area contributed by atoms with E-state index < -0.39 is 0 Å². The van der Waals surface area contributed by atoms with E-state index in [2.05, 4.69) is 34.0 Å². The fraction of sp³-hybridized carbons (Fsp3) is 0.846. The van der Waals surface area contributed by atoms with Crippen molar-refractivity contribution in [3.8, 4) is 0 Å². The number of ether oxygens (including phenoxy) is 1. The highest BCUT2D eigenvalue weighted by atomic mass is 32.1. The van der Waals surface area contributed by atoms with Crippen LogP contribution in [0.15, 0.2) is 0 Å². The van der Waals surface area contributed by atoms with E-state index >= 15 is 0 Å². The van der Waals surface area contributed by atoms with Crippen LogP contribution in [-0.4, -0.2) is 65.4 Å². The molecule has 3 heterocycles. The van der Waals surface area contributed by atoms with E-state index in [0.717, 1.165) is 55.6 Å². The van der Waals surface area contributed by atoms with E-state index in [0.29, 0.717) is 12.1 Å². The van der Waals surface area contributed by atoms with Gasteiger partial charge in [0.25, 0.3) is 0 Å². The zero-order valence-corrected chi connectivity index (χ0v) is 12.5. The summed E-state index contributed by atoms with van der Waals surface area (Å²) in [4.78, 5) is 4.93. The number of likely N-dealkylation sites (tertiary alicyclic amines) is 1. The Kier molecular flexibility index (Phi) is 4.12. The van der Waals surface area contributed by atoms with Gasteiger partial charge >= 0.3 is 0 Å². The summed E-state index contributed by atoms with van der Waals surface area (Å²) in [6.07, 6.45) is 2.53. The summed E-state index contributed by atoms with van der Waals surface area (Å²) in [5.74, 6) is 0. The van der Waals surface area contributed by atoms with Gasteiger partial charge in [-0.25, -0.2) is 0 Å². The van der Waals surface area contributed by atoms with Crippen molar-refractivity contribution in [1.29, 1.82) is 0 Å². The maximum Gasteiger partial charge on any atom is 0.131 e. The van der Waals surface area contributed by atoms with Crippen LogP contribution in [0.5, 0.6) is 0 Å². The molecule has 3 rings (SSSR count). The lowest BCUT2D eigenvalue weighted by molar-refractivity contribution is -0.103. The molecular formula is C13H22N4OS. The molecule has 2 aliphatic rings. The molecule has 106 valence electrons. The van der Waals surface area contributed by atoms with E-state index in [-0.39, 0.29) is 0 Å². The zero-order chi connectivity index (χ0) is 13.2. The highest BCUT2D eigenvalue weighted by Crippen LogP contribution is 2.24. The normalized spacial score (nSPS) is 29.4. The fourth-order valence-electron chi connectivity index (χ4n) is 2.97. The second kappa shape index (κ2) is 5.83. The number of likely N-dealkylation sites (N-methyl/N-ethyl adjacent to an activating group) is 1. The lowest BCUT2D eigenvalue weighted by Gasteiger charge is -2.46. The number of piperidine rings is 1. The molecule has 2 fully saturated rings. The minimum absolute atomic E-state index is 0.406. The standard InChI is InChI=1S/C13H22N4OS/c1-3-12-14-15-13(19-12)9-17-6-7-18-11-4-5-16(2)8-10(11)17/h10-11H,3-9H2,1-2H3/t10-,11+/m0/s1. The van der Waals surface area contributed by atoms with Gasteiger partial charge in [-0.05, 0) is 19.9 Å². The van der Waals surface area contributed by atoms with Gasteiger partial charge in [0.1, 0.15) is 10.0 Å². The summed E-state index contributed by atoms with van der Waals surface area (Å²) in [6.45, 7) is 7.17. The molecule has 2 aliphatic heterocycles. The number of aryl methyl sites for hydroxylation is 1. The molecule has 6 heteroatoms. The predicted octanol–water partition coefficient (Wildman–Crippen LogP) is 1.01. The molecule has 0 spiro atoms. The molecule has 0 bridgehead atoms. The van der Waals surface area contributed by atoms with Crippen LogP contribution in [0.25, 0.3) is 0 Å². The van der Waals surface area contributed by atoms with Gasteiger partial charge in [0.15, 0.2) is 0 Å². The SMILES string of the molecule is CCc1nnc(CN2CCO[C@@H]3CCN(C)C[C@@H]32)s1. The van der Waals surface area contributed by atoms with E-state index in [4.69, 9.17) is 4.74 Å². The van der Waals surface area contributed by atoms with Crippen molar-refractivity contribution >= 4 is 11.3 Å². The number of aromatic nitrogens is 2. The van der Waals surface area contributed by atoms with E-state index in [1.807, 2.05) is 0 Å². The Morgan fingerprint density at radius 3 is 2.95 bits per heavy atom. The number of hydrogen-bond acceptors (Lipinski definition) is 6. The van der Waals surface area contributed by atoms with E-state index in [1.54, 1.807) is 11.3 Å². The lowest BCUT2D eigenvalue weighted by Crippen LogP contribution is -2.58. The van der Waals surface area contributed by atoms with Crippen LogP contribution in [0.2, 0.25) is 0 Å². The Bertz CT molecular complexity index is 425. The third-order valence-electron chi connectivity index (χ3n) is 4.05. The van der Waals surface area contributed by atoms with Crippen molar-refractivity contribution in [3.63, 3.8) is 0 Å². The average molecular weight is 282 g/mol. The van der Waals surface area contributed by atoms with Gasteiger partial charge < -0.3 is 9.64 Å². The van der Waals surface area contributed by atoms with E-state index in [1.165, 1.54) is 0 Å². The van der Waals surface area contributed by atoms with Crippen molar-refractivity contribution in [1.82, 2.24) is 20.0 Å². The molecule has 0 amide bonds. The van der Waals surface area contributed by atoms with Crippen molar-refractivity contribution < 1.29 is 4.74 Å². The molecule has 19 heavy (non-hydrogen) atoms. The number of rotatable bonds is 3. The smallest absolute Gasteiger partial charge is 0.131 e. The molecular weight excluding hydrogens is 260 g/mol. The van der Waals surface area contributed by atoms with Crippen molar-refractivity contribution in [3.05, 3.63) is 10.0 Å². The Morgan fingerprint density at radius 2 is 2.16 bits per heavy atom. The summed E-state index contributed by atoms with van der Waals surface area (Å²) < 4.78 is 5.92. The van der Waals surface area contributed by atoms with Crippen molar-refractivity contribution in [2.45, 2.75) is 38.5 Å². The van der Waals surface area contributed by atoms with Gasteiger partial charge in [0, 0.05) is 25.7 Å². The van der Waals surface area contributed by atoms with E-state index in [9.17, 15) is 0 Å². The topological polar surface area (TPSA) is 41.5 Å². The molecule has 0 N–H and O–H groups in total. The molecule has 1 aromatic rings. The number of morpholine rings is 1. The first-order valence-electron chi connectivity index (χ1n) is 7.11. The van der Waals surface area contributed by atoms with Gasteiger partial charge in [-0.1, -0.05) is 6.92 Å². The highest BCUT2D eigenvalue weighted by molar-refractivity contribution is 7.11. The van der Waals surface area contributed by atoms with Gasteiger partial charge in [-0.3, -0.25) is 4.90 Å².